The minimum atomic E-state index is -0.538. The Balaban J connectivity index is 1.73. The van der Waals surface area contributed by atoms with Gasteiger partial charge < -0.3 is 15.6 Å². The van der Waals surface area contributed by atoms with E-state index in [4.69, 9.17) is 0 Å². The van der Waals surface area contributed by atoms with Crippen molar-refractivity contribution in [3.63, 3.8) is 0 Å². The number of H-pyrrole nitrogens is 1. The summed E-state index contributed by atoms with van der Waals surface area (Å²) >= 11 is 0. The van der Waals surface area contributed by atoms with E-state index in [-0.39, 0.29) is 17.9 Å². The smallest absolute Gasteiger partial charge is 0.243 e. The van der Waals surface area contributed by atoms with Crippen LogP contribution in [0, 0.1) is 0 Å². The van der Waals surface area contributed by atoms with Gasteiger partial charge in [-0.1, -0.05) is 37.5 Å². The predicted molar refractivity (Wildman–Crippen MR) is 94.6 cm³/mol. The van der Waals surface area contributed by atoms with E-state index in [0.717, 1.165) is 42.1 Å². The van der Waals surface area contributed by atoms with Crippen LogP contribution in [0.3, 0.4) is 0 Å². The summed E-state index contributed by atoms with van der Waals surface area (Å²) < 4.78 is 0. The fourth-order valence-electron chi connectivity index (χ4n) is 3.52. The van der Waals surface area contributed by atoms with Crippen LogP contribution in [0.5, 0.6) is 0 Å². The molecule has 5 heteroatoms. The van der Waals surface area contributed by atoms with Gasteiger partial charge in [0.1, 0.15) is 6.04 Å². The number of nitrogens with one attached hydrogen (secondary N) is 3. The van der Waals surface area contributed by atoms with E-state index in [1.807, 2.05) is 30.5 Å². The van der Waals surface area contributed by atoms with Crippen molar-refractivity contribution in [2.75, 3.05) is 0 Å². The summed E-state index contributed by atoms with van der Waals surface area (Å²) in [4.78, 5) is 27.4. The summed E-state index contributed by atoms with van der Waals surface area (Å²) in [6.45, 7) is 1.45. The second kappa shape index (κ2) is 7.51. The van der Waals surface area contributed by atoms with Gasteiger partial charge in [-0.15, -0.1) is 0 Å². The molecule has 3 rings (SSSR count). The van der Waals surface area contributed by atoms with Crippen LogP contribution in [-0.2, 0) is 16.0 Å². The van der Waals surface area contributed by atoms with Gasteiger partial charge in [0.05, 0.1) is 0 Å². The lowest BCUT2D eigenvalue weighted by Gasteiger charge is -2.25. The number of benzene rings is 1. The lowest BCUT2D eigenvalue weighted by atomic mass is 9.95. The average Bonchev–Trinajstić information content (AvgIpc) is 2.98. The highest BCUT2D eigenvalue weighted by atomic mass is 16.2. The third-order valence-electron chi connectivity index (χ3n) is 4.74. The van der Waals surface area contributed by atoms with Gasteiger partial charge in [0.25, 0.3) is 0 Å². The Kier molecular flexibility index (Phi) is 5.18. The fraction of sp³-hybridized carbons (Fsp3) is 0.474. The zero-order valence-corrected chi connectivity index (χ0v) is 14.1. The molecule has 0 unspecified atom stereocenters. The first-order chi connectivity index (χ1) is 11.6. The molecule has 1 aliphatic rings. The molecule has 1 aliphatic carbocycles. The number of hydrogen-bond donors (Lipinski definition) is 3. The van der Waals surface area contributed by atoms with Gasteiger partial charge in [-0.3, -0.25) is 9.59 Å². The van der Waals surface area contributed by atoms with Gasteiger partial charge in [0.2, 0.25) is 11.8 Å². The Bertz CT molecular complexity index is 716. The van der Waals surface area contributed by atoms with Crippen molar-refractivity contribution >= 4 is 22.7 Å². The maximum atomic E-state index is 12.7. The molecule has 1 saturated carbocycles. The number of aromatic nitrogens is 1. The molecule has 1 fully saturated rings. The standard InChI is InChI=1S/C19H25N3O2/c1-13(23)21-18(19(24)22-15-7-3-2-4-8-15)11-14-12-20-17-10-6-5-9-16(14)17/h5-6,9-10,12,15,18,20H,2-4,7-8,11H2,1H3,(H,21,23)(H,22,24)/t18-/m0/s1. The largest absolute Gasteiger partial charge is 0.361 e. The Morgan fingerprint density at radius 1 is 1.21 bits per heavy atom. The van der Waals surface area contributed by atoms with Crippen molar-refractivity contribution < 1.29 is 9.59 Å². The van der Waals surface area contributed by atoms with Crippen molar-refractivity contribution in [2.24, 2.45) is 0 Å². The van der Waals surface area contributed by atoms with Crippen LogP contribution in [0.15, 0.2) is 30.5 Å². The van der Waals surface area contributed by atoms with E-state index in [9.17, 15) is 9.59 Å². The fourth-order valence-corrected chi connectivity index (χ4v) is 3.52. The Labute approximate surface area is 142 Å². The van der Waals surface area contributed by atoms with Crippen LogP contribution in [0.4, 0.5) is 0 Å². The third kappa shape index (κ3) is 3.96. The zero-order valence-electron chi connectivity index (χ0n) is 14.1. The van der Waals surface area contributed by atoms with Crippen molar-refractivity contribution in [2.45, 2.75) is 57.5 Å². The van der Waals surface area contributed by atoms with Crippen LogP contribution in [0.2, 0.25) is 0 Å². The highest BCUT2D eigenvalue weighted by Gasteiger charge is 2.24. The second-order valence-electron chi connectivity index (χ2n) is 6.66. The SMILES string of the molecule is CC(=O)N[C@@H](Cc1c[nH]c2ccccc12)C(=O)NC1CCCCC1. The van der Waals surface area contributed by atoms with E-state index in [1.54, 1.807) is 0 Å². The molecule has 0 saturated heterocycles. The molecule has 128 valence electrons. The second-order valence-corrected chi connectivity index (χ2v) is 6.66. The Morgan fingerprint density at radius 3 is 2.71 bits per heavy atom. The number of rotatable bonds is 5. The molecular formula is C19H25N3O2. The van der Waals surface area contributed by atoms with Gasteiger partial charge in [0.15, 0.2) is 0 Å². The zero-order chi connectivity index (χ0) is 16.9. The van der Waals surface area contributed by atoms with Gasteiger partial charge in [-0.2, -0.15) is 0 Å². The van der Waals surface area contributed by atoms with Crippen molar-refractivity contribution in [3.8, 4) is 0 Å². The molecule has 2 aromatic rings. The van der Waals surface area contributed by atoms with E-state index in [1.165, 1.54) is 13.3 Å². The minimum Gasteiger partial charge on any atom is -0.361 e. The maximum Gasteiger partial charge on any atom is 0.243 e. The first-order valence-electron chi connectivity index (χ1n) is 8.76. The minimum absolute atomic E-state index is 0.0811. The molecule has 3 N–H and O–H groups in total. The molecule has 1 heterocycles. The van der Waals surface area contributed by atoms with Gasteiger partial charge >= 0.3 is 0 Å². The van der Waals surface area contributed by atoms with Crippen LogP contribution < -0.4 is 10.6 Å². The number of carbonyl (C=O) groups is 2. The summed E-state index contributed by atoms with van der Waals surface area (Å²) in [5.74, 6) is -0.263. The maximum absolute atomic E-state index is 12.7. The number of para-hydroxylation sites is 1. The first-order valence-corrected chi connectivity index (χ1v) is 8.76. The Hall–Kier alpha value is -2.30. The number of carbonyl (C=O) groups excluding carboxylic acids is 2. The summed E-state index contributed by atoms with van der Waals surface area (Å²) in [6.07, 6.45) is 8.06. The predicted octanol–water partition coefficient (Wildman–Crippen LogP) is 2.66. The van der Waals surface area contributed by atoms with Crippen molar-refractivity contribution in [3.05, 3.63) is 36.0 Å². The van der Waals surface area contributed by atoms with E-state index < -0.39 is 6.04 Å². The van der Waals surface area contributed by atoms with Gasteiger partial charge in [-0.25, -0.2) is 0 Å². The number of aromatic amines is 1. The lowest BCUT2D eigenvalue weighted by Crippen LogP contribution is -2.50. The van der Waals surface area contributed by atoms with Crippen LogP contribution in [0.25, 0.3) is 10.9 Å². The van der Waals surface area contributed by atoms with Gasteiger partial charge in [-0.05, 0) is 24.5 Å². The van der Waals surface area contributed by atoms with Crippen molar-refractivity contribution in [1.29, 1.82) is 0 Å². The Morgan fingerprint density at radius 2 is 1.96 bits per heavy atom. The normalized spacial score (nSPS) is 16.7. The van der Waals surface area contributed by atoms with Crippen molar-refractivity contribution in [1.82, 2.24) is 15.6 Å². The first kappa shape index (κ1) is 16.6. The van der Waals surface area contributed by atoms with Gasteiger partial charge in [0, 0.05) is 36.5 Å². The molecular weight excluding hydrogens is 302 g/mol. The van der Waals surface area contributed by atoms with E-state index in [2.05, 4.69) is 15.6 Å². The monoisotopic (exact) mass is 327 g/mol. The van der Waals surface area contributed by atoms with E-state index in [0.29, 0.717) is 6.42 Å². The molecule has 1 aromatic heterocycles. The number of hydrogen-bond acceptors (Lipinski definition) is 2. The average molecular weight is 327 g/mol. The molecule has 0 radical (unpaired) electrons. The highest BCUT2D eigenvalue weighted by Crippen LogP contribution is 2.20. The summed E-state index contributed by atoms with van der Waals surface area (Å²) in [5.41, 5.74) is 2.09. The topological polar surface area (TPSA) is 74.0 Å². The van der Waals surface area contributed by atoms with Crippen LogP contribution in [0.1, 0.15) is 44.6 Å². The number of amides is 2. The molecule has 2 amide bonds. The third-order valence-corrected chi connectivity index (χ3v) is 4.74. The molecule has 0 bridgehead atoms. The molecule has 0 spiro atoms. The summed E-state index contributed by atoms with van der Waals surface area (Å²) in [5, 5.41) is 7.02. The van der Waals surface area contributed by atoms with Crippen LogP contribution in [-0.4, -0.2) is 28.9 Å². The number of fused-ring (bicyclic) bond motifs is 1. The quantitative estimate of drug-likeness (QED) is 0.790. The molecule has 1 atom stereocenters. The summed E-state index contributed by atoms with van der Waals surface area (Å²) in [7, 11) is 0. The lowest BCUT2D eigenvalue weighted by molar-refractivity contribution is -0.128. The highest BCUT2D eigenvalue weighted by molar-refractivity contribution is 5.89. The van der Waals surface area contributed by atoms with Crippen LogP contribution >= 0.6 is 0 Å². The molecule has 0 aliphatic heterocycles. The van der Waals surface area contributed by atoms with E-state index >= 15 is 0 Å². The molecule has 5 nitrogen and oxygen atoms in total. The molecule has 24 heavy (non-hydrogen) atoms. The summed E-state index contributed by atoms with van der Waals surface area (Å²) in [6, 6.07) is 7.70. The molecule has 1 aromatic carbocycles.